The molecule has 0 amide bonds. The van der Waals surface area contributed by atoms with Gasteiger partial charge in [-0.2, -0.15) is 5.26 Å². The van der Waals surface area contributed by atoms with E-state index in [-0.39, 0.29) is 10.8 Å². The van der Waals surface area contributed by atoms with E-state index in [9.17, 15) is 5.26 Å². The minimum atomic E-state index is 0.0926. The van der Waals surface area contributed by atoms with Gasteiger partial charge in [-0.1, -0.05) is 115 Å². The largest absolute Gasteiger partial charge is 0.309 e. The maximum atomic E-state index is 10.3. The molecule has 0 aliphatic carbocycles. The van der Waals surface area contributed by atoms with E-state index in [1.165, 1.54) is 43.7 Å². The Morgan fingerprint density at radius 2 is 0.981 bits per heavy atom. The summed E-state index contributed by atoms with van der Waals surface area (Å²) in [6.45, 7) is 13.9. The van der Waals surface area contributed by atoms with E-state index in [2.05, 4.69) is 172 Å². The van der Waals surface area contributed by atoms with Crippen molar-refractivity contribution in [2.45, 2.75) is 78.1 Å². The third-order valence-electron chi connectivity index (χ3n) is 11.4. The molecular weight excluding hydrogens is 631 g/mol. The molecule has 0 unspecified atom stereocenters. The molecule has 8 rings (SSSR count). The first-order valence-electron chi connectivity index (χ1n) is 18.9. The Balaban J connectivity index is 1.29. The molecule has 0 saturated carbocycles. The quantitative estimate of drug-likeness (QED) is 0.150. The van der Waals surface area contributed by atoms with Crippen LogP contribution in [0.3, 0.4) is 0 Å². The second-order valence-corrected chi connectivity index (χ2v) is 15.9. The summed E-state index contributed by atoms with van der Waals surface area (Å²) < 4.78 is 4.73. The van der Waals surface area contributed by atoms with Crippen molar-refractivity contribution in [3.63, 3.8) is 0 Å². The number of hydrogen-bond acceptors (Lipinski definition) is 1. The number of para-hydroxylation sites is 2. The third-order valence-corrected chi connectivity index (χ3v) is 11.4. The molecule has 0 radical (unpaired) electrons. The maximum absolute atomic E-state index is 10.3. The minimum absolute atomic E-state index is 0.0926. The van der Waals surface area contributed by atoms with Crippen molar-refractivity contribution >= 4 is 43.6 Å². The molecule has 258 valence electrons. The van der Waals surface area contributed by atoms with Crippen LogP contribution in [-0.4, -0.2) is 9.13 Å². The second kappa shape index (κ2) is 12.9. The molecule has 3 heteroatoms. The number of nitrogens with zero attached hydrogens (tertiary/aromatic N) is 3. The van der Waals surface area contributed by atoms with Gasteiger partial charge in [0.2, 0.25) is 0 Å². The number of benzene rings is 6. The first-order valence-corrected chi connectivity index (χ1v) is 18.9. The summed E-state index contributed by atoms with van der Waals surface area (Å²) in [6.07, 6.45) is 4.59. The smallest absolute Gasteiger partial charge is 0.0992 e. The van der Waals surface area contributed by atoms with Crippen molar-refractivity contribution in [2.75, 3.05) is 0 Å². The zero-order valence-electron chi connectivity index (χ0n) is 31.3. The van der Waals surface area contributed by atoms with E-state index >= 15 is 0 Å². The van der Waals surface area contributed by atoms with Gasteiger partial charge in [-0.15, -0.1) is 0 Å². The van der Waals surface area contributed by atoms with Gasteiger partial charge >= 0.3 is 0 Å². The summed E-state index contributed by atoms with van der Waals surface area (Å²) in [7, 11) is 0. The van der Waals surface area contributed by atoms with Crippen LogP contribution in [0.15, 0.2) is 127 Å². The Morgan fingerprint density at radius 3 is 1.52 bits per heavy atom. The summed E-state index contributed by atoms with van der Waals surface area (Å²) in [5.41, 5.74) is 12.5. The highest BCUT2D eigenvalue weighted by atomic mass is 15.0. The Morgan fingerprint density at radius 1 is 0.481 bits per heavy atom. The van der Waals surface area contributed by atoms with Crippen LogP contribution in [-0.2, 0) is 10.8 Å². The Kier molecular flexibility index (Phi) is 8.31. The summed E-state index contributed by atoms with van der Waals surface area (Å²) in [5.74, 6) is 0. The van der Waals surface area contributed by atoms with Gasteiger partial charge in [0.1, 0.15) is 0 Å². The SMILES string of the molecule is CCCC(C)(C)c1ccc2c(c1)c1ccccc1n2-c1cccc(-c2cc(C#N)cc(-n3c4ccccc4c4cc(C(C)(C)CCC)ccc43)c2)c1. The summed E-state index contributed by atoms with van der Waals surface area (Å²) in [4.78, 5) is 0. The molecule has 0 N–H and O–H groups in total. The van der Waals surface area contributed by atoms with E-state index in [4.69, 9.17) is 0 Å². The molecule has 2 aromatic heterocycles. The lowest BCUT2D eigenvalue weighted by Crippen LogP contribution is -2.16. The molecule has 0 spiro atoms. The molecule has 6 aromatic carbocycles. The zero-order valence-corrected chi connectivity index (χ0v) is 31.3. The fourth-order valence-electron chi connectivity index (χ4n) is 8.68. The molecule has 0 aliphatic rings. The monoisotopic (exact) mass is 677 g/mol. The molecule has 52 heavy (non-hydrogen) atoms. The molecule has 0 saturated heterocycles. The normalized spacial score (nSPS) is 12.3. The minimum Gasteiger partial charge on any atom is -0.309 e. The van der Waals surface area contributed by atoms with Crippen LogP contribution in [0.4, 0.5) is 0 Å². The lowest BCUT2D eigenvalue weighted by atomic mass is 9.80. The molecule has 8 aromatic rings. The second-order valence-electron chi connectivity index (χ2n) is 15.9. The maximum Gasteiger partial charge on any atom is 0.0992 e. The molecule has 2 heterocycles. The van der Waals surface area contributed by atoms with E-state index in [1.807, 2.05) is 12.1 Å². The molecule has 0 aliphatic heterocycles. The lowest BCUT2D eigenvalue weighted by molar-refractivity contribution is 0.473. The van der Waals surface area contributed by atoms with Gasteiger partial charge in [-0.3, -0.25) is 0 Å². The number of aromatic nitrogens is 2. The van der Waals surface area contributed by atoms with Gasteiger partial charge in [-0.25, -0.2) is 0 Å². The van der Waals surface area contributed by atoms with Crippen molar-refractivity contribution in [1.29, 1.82) is 5.26 Å². The van der Waals surface area contributed by atoms with Gasteiger partial charge < -0.3 is 9.13 Å². The number of hydrogen-bond donors (Lipinski definition) is 0. The number of fused-ring (bicyclic) bond motifs is 6. The molecule has 0 atom stereocenters. The van der Waals surface area contributed by atoms with E-state index in [0.717, 1.165) is 59.2 Å². The van der Waals surface area contributed by atoms with Gasteiger partial charge in [0.25, 0.3) is 0 Å². The highest BCUT2D eigenvalue weighted by Gasteiger charge is 2.23. The topological polar surface area (TPSA) is 33.6 Å². The van der Waals surface area contributed by atoms with Crippen LogP contribution in [0, 0.1) is 11.3 Å². The highest BCUT2D eigenvalue weighted by Crippen LogP contribution is 2.40. The molecular formula is C49H47N3. The van der Waals surface area contributed by atoms with Crippen LogP contribution in [0.25, 0.3) is 66.1 Å². The fraction of sp³-hybridized carbons (Fsp3) is 0.245. The Labute approximate surface area is 307 Å². The predicted octanol–water partition coefficient (Wildman–Crippen LogP) is 13.6. The number of rotatable bonds is 9. The third kappa shape index (κ3) is 5.59. The first kappa shape index (κ1) is 33.5. The summed E-state index contributed by atoms with van der Waals surface area (Å²) >= 11 is 0. The zero-order chi connectivity index (χ0) is 36.2. The Hall–Kier alpha value is -5.59. The highest BCUT2D eigenvalue weighted by molar-refractivity contribution is 6.10. The Bertz CT molecular complexity index is 2670. The van der Waals surface area contributed by atoms with Gasteiger partial charge in [0.15, 0.2) is 0 Å². The predicted molar refractivity (Wildman–Crippen MR) is 221 cm³/mol. The van der Waals surface area contributed by atoms with E-state index < -0.39 is 0 Å². The fourth-order valence-corrected chi connectivity index (χ4v) is 8.68. The standard InChI is InChI=1S/C49H47N3/c1-7-24-48(3,4)36-20-22-46-42(30-36)40-16-9-11-18-44(40)51(46)38-15-13-14-34(28-38)35-26-33(32-50)27-39(29-35)52-45-19-12-10-17-41(45)43-31-37(21-23-47(43)52)49(5,6)25-8-2/h9-23,26-31H,7-8,24-25H2,1-6H3. The van der Waals surface area contributed by atoms with Crippen molar-refractivity contribution in [1.82, 2.24) is 9.13 Å². The van der Waals surface area contributed by atoms with Crippen LogP contribution >= 0.6 is 0 Å². The van der Waals surface area contributed by atoms with Crippen molar-refractivity contribution < 1.29 is 0 Å². The van der Waals surface area contributed by atoms with E-state index in [0.29, 0.717) is 5.56 Å². The number of nitriles is 1. The van der Waals surface area contributed by atoms with Gasteiger partial charge in [-0.05, 0) is 113 Å². The molecule has 0 fully saturated rings. The average Bonchev–Trinajstić information content (AvgIpc) is 3.67. The van der Waals surface area contributed by atoms with Crippen LogP contribution in [0.5, 0.6) is 0 Å². The first-order chi connectivity index (χ1) is 25.1. The summed E-state index contributed by atoms with van der Waals surface area (Å²) in [5, 5.41) is 15.3. The van der Waals surface area contributed by atoms with Crippen LogP contribution < -0.4 is 0 Å². The summed E-state index contributed by atoms with van der Waals surface area (Å²) in [6, 6.07) is 49.0. The molecule has 0 bridgehead atoms. The van der Waals surface area contributed by atoms with Crippen molar-refractivity contribution in [3.05, 3.63) is 144 Å². The van der Waals surface area contributed by atoms with Crippen LogP contribution in [0.1, 0.15) is 83.9 Å². The van der Waals surface area contributed by atoms with Crippen LogP contribution in [0.2, 0.25) is 0 Å². The van der Waals surface area contributed by atoms with Crippen molar-refractivity contribution in [2.24, 2.45) is 0 Å². The van der Waals surface area contributed by atoms with Gasteiger partial charge in [0, 0.05) is 32.9 Å². The molecule has 3 nitrogen and oxygen atoms in total. The average molecular weight is 678 g/mol. The van der Waals surface area contributed by atoms with Gasteiger partial charge in [0.05, 0.1) is 33.7 Å². The van der Waals surface area contributed by atoms with Crippen molar-refractivity contribution in [3.8, 4) is 28.6 Å². The lowest BCUT2D eigenvalue weighted by Gasteiger charge is -2.25. The van der Waals surface area contributed by atoms with E-state index in [1.54, 1.807) is 0 Å².